The van der Waals surface area contributed by atoms with Gasteiger partial charge in [-0.1, -0.05) is 29.5 Å². The molecule has 0 radical (unpaired) electrons. The summed E-state index contributed by atoms with van der Waals surface area (Å²) in [6, 6.07) is 14.9. The van der Waals surface area contributed by atoms with Crippen molar-refractivity contribution in [3.63, 3.8) is 0 Å². The van der Waals surface area contributed by atoms with Gasteiger partial charge in [0.05, 0.1) is 29.8 Å². The molecule has 0 aliphatic carbocycles. The van der Waals surface area contributed by atoms with Gasteiger partial charge in [0.15, 0.2) is 6.61 Å². The second kappa shape index (κ2) is 8.14. The number of nitrogens with one attached hydrogen (secondary N) is 1. The molecule has 0 saturated carbocycles. The van der Waals surface area contributed by atoms with Crippen molar-refractivity contribution in [3.8, 4) is 11.4 Å². The Morgan fingerprint density at radius 3 is 2.76 bits per heavy atom. The third-order valence-electron chi connectivity index (χ3n) is 4.83. The van der Waals surface area contributed by atoms with Gasteiger partial charge in [-0.3, -0.25) is 9.59 Å². The van der Waals surface area contributed by atoms with Crippen molar-refractivity contribution in [2.45, 2.75) is 19.4 Å². The second-order valence-electron chi connectivity index (χ2n) is 6.78. The van der Waals surface area contributed by atoms with Crippen LogP contribution in [0, 0.1) is 0 Å². The summed E-state index contributed by atoms with van der Waals surface area (Å²) in [7, 11) is 0. The molecule has 148 valence electrons. The van der Waals surface area contributed by atoms with Crippen LogP contribution in [0.5, 0.6) is 5.75 Å². The van der Waals surface area contributed by atoms with Crippen molar-refractivity contribution in [1.82, 2.24) is 20.3 Å². The highest BCUT2D eigenvalue weighted by molar-refractivity contribution is 5.98. The molecular formula is C21H21N5O3. The minimum Gasteiger partial charge on any atom is -0.482 e. The average Bonchev–Trinajstić information content (AvgIpc) is 3.28. The van der Waals surface area contributed by atoms with E-state index in [-0.39, 0.29) is 30.9 Å². The van der Waals surface area contributed by atoms with Crippen LogP contribution in [0.2, 0.25) is 0 Å². The fourth-order valence-electron chi connectivity index (χ4n) is 3.27. The van der Waals surface area contributed by atoms with Crippen LogP contribution in [0.1, 0.15) is 24.9 Å². The molecule has 0 bridgehead atoms. The maximum atomic E-state index is 12.4. The van der Waals surface area contributed by atoms with Crippen LogP contribution in [-0.4, -0.2) is 40.0 Å². The summed E-state index contributed by atoms with van der Waals surface area (Å²) < 4.78 is 7.10. The standard InChI is InChI=1S/C21H21N5O3/c1-15(16-6-8-17(9-7-16)26-13-11-22-24-26)23-20(27)10-12-25-18-4-2-3-5-19(18)29-14-21(25)28/h2-9,11,13,15H,10,12,14H2,1H3,(H,23,27). The van der Waals surface area contributed by atoms with Crippen molar-refractivity contribution < 1.29 is 14.3 Å². The van der Waals surface area contributed by atoms with Crippen LogP contribution in [-0.2, 0) is 9.59 Å². The van der Waals surface area contributed by atoms with E-state index in [2.05, 4.69) is 15.6 Å². The quantitative estimate of drug-likeness (QED) is 0.696. The van der Waals surface area contributed by atoms with Crippen LogP contribution >= 0.6 is 0 Å². The zero-order chi connectivity index (χ0) is 20.2. The van der Waals surface area contributed by atoms with E-state index in [1.54, 1.807) is 22.0 Å². The van der Waals surface area contributed by atoms with Gasteiger partial charge < -0.3 is 15.0 Å². The molecule has 2 amide bonds. The lowest BCUT2D eigenvalue weighted by Crippen LogP contribution is -2.41. The number of rotatable bonds is 6. The highest BCUT2D eigenvalue weighted by Gasteiger charge is 2.25. The Balaban J connectivity index is 1.34. The van der Waals surface area contributed by atoms with Gasteiger partial charge in [-0.05, 0) is 36.8 Å². The molecule has 4 rings (SSSR count). The van der Waals surface area contributed by atoms with Crippen LogP contribution in [0.3, 0.4) is 0 Å². The van der Waals surface area contributed by atoms with Crippen molar-refractivity contribution in [2.24, 2.45) is 0 Å². The van der Waals surface area contributed by atoms with Crippen molar-refractivity contribution >= 4 is 17.5 Å². The van der Waals surface area contributed by atoms with E-state index in [9.17, 15) is 9.59 Å². The number of para-hydroxylation sites is 2. The van der Waals surface area contributed by atoms with Gasteiger partial charge in [0, 0.05) is 13.0 Å². The summed E-state index contributed by atoms with van der Waals surface area (Å²) in [5, 5.41) is 10.7. The number of carbonyl (C=O) groups excluding carboxylic acids is 2. The summed E-state index contributed by atoms with van der Waals surface area (Å²) in [6.07, 6.45) is 3.60. The Labute approximate surface area is 168 Å². The van der Waals surface area contributed by atoms with Gasteiger partial charge in [0.2, 0.25) is 5.91 Å². The Morgan fingerprint density at radius 1 is 1.21 bits per heavy atom. The minimum absolute atomic E-state index is 0.00679. The topological polar surface area (TPSA) is 89.4 Å². The first kappa shape index (κ1) is 18.7. The zero-order valence-corrected chi connectivity index (χ0v) is 16.0. The molecule has 0 fully saturated rings. The van der Waals surface area contributed by atoms with Crippen LogP contribution in [0.15, 0.2) is 60.9 Å². The lowest BCUT2D eigenvalue weighted by Gasteiger charge is -2.29. The van der Waals surface area contributed by atoms with E-state index in [0.717, 1.165) is 11.3 Å². The Bertz CT molecular complexity index is 1000. The smallest absolute Gasteiger partial charge is 0.265 e. The maximum Gasteiger partial charge on any atom is 0.265 e. The summed E-state index contributed by atoms with van der Waals surface area (Å²) in [5.41, 5.74) is 2.58. The van der Waals surface area contributed by atoms with E-state index in [4.69, 9.17) is 4.74 Å². The van der Waals surface area contributed by atoms with E-state index in [0.29, 0.717) is 18.0 Å². The third-order valence-corrected chi connectivity index (χ3v) is 4.83. The molecule has 1 unspecified atom stereocenters. The van der Waals surface area contributed by atoms with E-state index >= 15 is 0 Å². The number of fused-ring (bicyclic) bond motifs is 1. The number of amides is 2. The summed E-state index contributed by atoms with van der Waals surface area (Å²) >= 11 is 0. The molecule has 0 saturated heterocycles. The van der Waals surface area contributed by atoms with Gasteiger partial charge >= 0.3 is 0 Å². The van der Waals surface area contributed by atoms with Crippen molar-refractivity contribution in [3.05, 3.63) is 66.5 Å². The Morgan fingerprint density at radius 2 is 2.00 bits per heavy atom. The van der Waals surface area contributed by atoms with Crippen LogP contribution < -0.4 is 15.0 Å². The number of aromatic nitrogens is 3. The summed E-state index contributed by atoms with van der Waals surface area (Å²) in [5.74, 6) is 0.399. The maximum absolute atomic E-state index is 12.4. The molecule has 29 heavy (non-hydrogen) atoms. The minimum atomic E-state index is -0.153. The molecule has 2 aromatic carbocycles. The zero-order valence-electron chi connectivity index (χ0n) is 16.0. The molecule has 1 aromatic heterocycles. The molecule has 1 atom stereocenters. The first-order valence-corrected chi connectivity index (χ1v) is 9.40. The van der Waals surface area contributed by atoms with E-state index < -0.39 is 0 Å². The average molecular weight is 391 g/mol. The summed E-state index contributed by atoms with van der Waals surface area (Å²) in [6.45, 7) is 2.23. The van der Waals surface area contributed by atoms with Crippen LogP contribution in [0.4, 0.5) is 5.69 Å². The number of hydrogen-bond acceptors (Lipinski definition) is 5. The molecule has 2 heterocycles. The lowest BCUT2D eigenvalue weighted by molar-refractivity contribution is -0.122. The number of benzene rings is 2. The first-order chi connectivity index (χ1) is 14.1. The van der Waals surface area contributed by atoms with Gasteiger partial charge in [0.25, 0.3) is 5.91 Å². The van der Waals surface area contributed by atoms with E-state index in [1.807, 2.05) is 55.5 Å². The third kappa shape index (κ3) is 4.11. The first-order valence-electron chi connectivity index (χ1n) is 9.40. The molecule has 8 nitrogen and oxygen atoms in total. The highest BCUT2D eigenvalue weighted by Crippen LogP contribution is 2.31. The SMILES string of the molecule is CC(NC(=O)CCN1C(=O)COc2ccccc21)c1ccc(-n2ccnn2)cc1. The van der Waals surface area contributed by atoms with E-state index in [1.165, 1.54) is 0 Å². The lowest BCUT2D eigenvalue weighted by atomic mass is 10.1. The van der Waals surface area contributed by atoms with Gasteiger partial charge in [-0.25, -0.2) is 4.68 Å². The Hall–Kier alpha value is -3.68. The van der Waals surface area contributed by atoms with Crippen molar-refractivity contribution in [1.29, 1.82) is 0 Å². The molecule has 1 aliphatic heterocycles. The van der Waals surface area contributed by atoms with Crippen molar-refractivity contribution in [2.75, 3.05) is 18.1 Å². The fourth-order valence-corrected chi connectivity index (χ4v) is 3.27. The number of nitrogens with zero attached hydrogens (tertiary/aromatic N) is 4. The summed E-state index contributed by atoms with van der Waals surface area (Å²) in [4.78, 5) is 26.2. The number of hydrogen-bond donors (Lipinski definition) is 1. The fraction of sp³-hybridized carbons (Fsp3) is 0.238. The predicted octanol–water partition coefficient (Wildman–Crippen LogP) is 2.26. The number of anilines is 1. The van der Waals surface area contributed by atoms with Gasteiger partial charge in [0.1, 0.15) is 5.75 Å². The molecule has 3 aromatic rings. The number of ether oxygens (including phenoxy) is 1. The molecule has 1 aliphatic rings. The highest BCUT2D eigenvalue weighted by atomic mass is 16.5. The number of carbonyl (C=O) groups is 2. The van der Waals surface area contributed by atoms with Crippen LogP contribution in [0.25, 0.3) is 5.69 Å². The molecule has 8 heteroatoms. The molecule has 0 spiro atoms. The van der Waals surface area contributed by atoms with Gasteiger partial charge in [-0.15, -0.1) is 5.10 Å². The normalized spacial score (nSPS) is 14.1. The predicted molar refractivity (Wildman–Crippen MR) is 107 cm³/mol. The molecular weight excluding hydrogens is 370 g/mol. The monoisotopic (exact) mass is 391 g/mol. The largest absolute Gasteiger partial charge is 0.482 e. The Kier molecular flexibility index (Phi) is 5.24. The second-order valence-corrected chi connectivity index (χ2v) is 6.78. The molecule has 1 N–H and O–H groups in total. The van der Waals surface area contributed by atoms with Gasteiger partial charge in [-0.2, -0.15) is 0 Å².